The van der Waals surface area contributed by atoms with E-state index in [9.17, 15) is 0 Å². The zero-order chi connectivity index (χ0) is 33.5. The minimum absolute atomic E-state index is 0.540. The number of fused-ring (bicyclic) bond motifs is 9. The summed E-state index contributed by atoms with van der Waals surface area (Å²) < 4.78 is 10.7. The highest BCUT2D eigenvalue weighted by atomic mass is 16.3. The molecule has 4 aromatic heterocycles. The SMILES string of the molecule is c1ccc(-c2ccc3c4ccccc4n(-c4nc(-c5cccc6oc7ccccc7c56)nc(-n5c6ccccc6c6ccccc65)n4)c3c2)cc1. The van der Waals surface area contributed by atoms with Gasteiger partial charge in [0.05, 0.1) is 22.1 Å². The van der Waals surface area contributed by atoms with E-state index in [0.717, 1.165) is 82.2 Å². The lowest BCUT2D eigenvalue weighted by Gasteiger charge is -2.13. The molecular weight excluding hydrogens is 627 g/mol. The van der Waals surface area contributed by atoms with Crippen molar-refractivity contribution in [3.8, 4) is 34.4 Å². The molecule has 0 aliphatic rings. The third-order valence-electron chi connectivity index (χ3n) is 10.0. The van der Waals surface area contributed by atoms with Crippen molar-refractivity contribution in [2.24, 2.45) is 0 Å². The van der Waals surface area contributed by atoms with Crippen LogP contribution < -0.4 is 0 Å². The van der Waals surface area contributed by atoms with E-state index in [-0.39, 0.29) is 0 Å². The second-order valence-corrected chi connectivity index (χ2v) is 12.9. The first-order valence-corrected chi connectivity index (χ1v) is 17.0. The van der Waals surface area contributed by atoms with E-state index in [1.165, 1.54) is 0 Å². The van der Waals surface area contributed by atoms with E-state index < -0.39 is 0 Å². The molecule has 0 atom stereocenters. The van der Waals surface area contributed by atoms with Crippen LogP contribution in [0.1, 0.15) is 0 Å². The summed E-state index contributed by atoms with van der Waals surface area (Å²) in [7, 11) is 0. The van der Waals surface area contributed by atoms with Crippen LogP contribution in [0.15, 0.2) is 168 Å². The molecule has 0 radical (unpaired) electrons. The number of hydrogen-bond acceptors (Lipinski definition) is 4. The summed E-state index contributed by atoms with van der Waals surface area (Å²) in [5.41, 5.74) is 8.88. The van der Waals surface area contributed by atoms with Crippen LogP contribution in [0.5, 0.6) is 0 Å². The van der Waals surface area contributed by atoms with Crippen molar-refractivity contribution in [3.05, 3.63) is 164 Å². The lowest BCUT2D eigenvalue weighted by Crippen LogP contribution is -2.10. The molecule has 0 aliphatic heterocycles. The molecule has 4 heterocycles. The quantitative estimate of drug-likeness (QED) is 0.190. The van der Waals surface area contributed by atoms with Gasteiger partial charge in [-0.2, -0.15) is 15.0 Å². The molecule has 11 aromatic rings. The van der Waals surface area contributed by atoms with Gasteiger partial charge in [0.15, 0.2) is 5.82 Å². The minimum Gasteiger partial charge on any atom is -0.456 e. The number of para-hydroxylation sites is 4. The first kappa shape index (κ1) is 27.9. The van der Waals surface area contributed by atoms with Crippen molar-refractivity contribution < 1.29 is 4.42 Å². The number of furan rings is 1. The third-order valence-corrected chi connectivity index (χ3v) is 10.0. The van der Waals surface area contributed by atoms with Crippen LogP contribution in [0.2, 0.25) is 0 Å². The van der Waals surface area contributed by atoms with Crippen LogP contribution in [0, 0.1) is 0 Å². The van der Waals surface area contributed by atoms with Gasteiger partial charge in [-0.05, 0) is 47.5 Å². The Labute approximate surface area is 291 Å². The molecule has 0 saturated carbocycles. The van der Waals surface area contributed by atoms with Gasteiger partial charge in [-0.25, -0.2) is 0 Å². The van der Waals surface area contributed by atoms with E-state index >= 15 is 0 Å². The summed E-state index contributed by atoms with van der Waals surface area (Å²) >= 11 is 0. The van der Waals surface area contributed by atoms with Gasteiger partial charge in [-0.3, -0.25) is 9.13 Å². The maximum Gasteiger partial charge on any atom is 0.240 e. The van der Waals surface area contributed by atoms with Crippen LogP contribution in [0.25, 0.3) is 100.0 Å². The summed E-state index contributed by atoms with van der Waals surface area (Å²) in [5.74, 6) is 1.65. The van der Waals surface area contributed by atoms with Gasteiger partial charge in [0, 0.05) is 37.9 Å². The predicted octanol–water partition coefficient (Wildman–Crippen LogP) is 11.3. The maximum atomic E-state index is 6.32. The molecule has 0 saturated heterocycles. The zero-order valence-electron chi connectivity index (χ0n) is 27.2. The molecule has 0 spiro atoms. The Hall–Kier alpha value is -7.05. The largest absolute Gasteiger partial charge is 0.456 e. The van der Waals surface area contributed by atoms with Crippen LogP contribution in [0.3, 0.4) is 0 Å². The first-order valence-electron chi connectivity index (χ1n) is 17.0. The van der Waals surface area contributed by atoms with Gasteiger partial charge in [0.1, 0.15) is 11.2 Å². The Morgan fingerprint density at radius 3 is 1.57 bits per heavy atom. The normalized spacial score (nSPS) is 11.9. The fourth-order valence-corrected chi connectivity index (χ4v) is 7.77. The van der Waals surface area contributed by atoms with Gasteiger partial charge in [-0.1, -0.05) is 127 Å². The molecular formula is C45H27N5O. The number of rotatable bonds is 4. The van der Waals surface area contributed by atoms with Crippen LogP contribution in [-0.2, 0) is 0 Å². The van der Waals surface area contributed by atoms with Gasteiger partial charge < -0.3 is 4.42 Å². The average Bonchev–Trinajstić information content (AvgIpc) is 3.85. The minimum atomic E-state index is 0.540. The van der Waals surface area contributed by atoms with Crippen LogP contribution in [0.4, 0.5) is 0 Å². The smallest absolute Gasteiger partial charge is 0.240 e. The van der Waals surface area contributed by atoms with E-state index in [0.29, 0.717) is 17.7 Å². The van der Waals surface area contributed by atoms with Crippen molar-refractivity contribution in [2.75, 3.05) is 0 Å². The van der Waals surface area contributed by atoms with E-state index in [1.54, 1.807) is 0 Å². The fraction of sp³-hybridized carbons (Fsp3) is 0. The van der Waals surface area contributed by atoms with Crippen LogP contribution in [-0.4, -0.2) is 24.1 Å². The summed E-state index contributed by atoms with van der Waals surface area (Å²) in [6.45, 7) is 0. The summed E-state index contributed by atoms with van der Waals surface area (Å²) in [4.78, 5) is 16.0. The van der Waals surface area contributed by atoms with Crippen molar-refractivity contribution in [1.29, 1.82) is 0 Å². The lowest BCUT2D eigenvalue weighted by atomic mass is 10.0. The molecule has 51 heavy (non-hydrogen) atoms. The van der Waals surface area contributed by atoms with Gasteiger partial charge in [-0.15, -0.1) is 0 Å². The molecule has 0 amide bonds. The Bertz CT molecular complexity index is 3100. The molecule has 6 heteroatoms. The summed E-state index contributed by atoms with van der Waals surface area (Å²) in [6.07, 6.45) is 0. The molecule has 0 fully saturated rings. The molecule has 0 N–H and O–H groups in total. The van der Waals surface area contributed by atoms with Gasteiger partial charge in [0.2, 0.25) is 11.9 Å². The highest BCUT2D eigenvalue weighted by Gasteiger charge is 2.22. The van der Waals surface area contributed by atoms with E-state index in [4.69, 9.17) is 19.4 Å². The monoisotopic (exact) mass is 653 g/mol. The average molecular weight is 654 g/mol. The lowest BCUT2D eigenvalue weighted by molar-refractivity contribution is 0.669. The van der Waals surface area contributed by atoms with Crippen LogP contribution >= 0.6 is 0 Å². The molecule has 0 unspecified atom stereocenters. The zero-order valence-corrected chi connectivity index (χ0v) is 27.2. The number of nitrogens with zero attached hydrogens (tertiary/aromatic N) is 5. The van der Waals surface area contributed by atoms with Gasteiger partial charge >= 0.3 is 0 Å². The number of hydrogen-bond donors (Lipinski definition) is 0. The Morgan fingerprint density at radius 1 is 0.373 bits per heavy atom. The van der Waals surface area contributed by atoms with Crippen molar-refractivity contribution in [2.45, 2.75) is 0 Å². The number of aromatic nitrogens is 5. The molecule has 238 valence electrons. The number of benzene rings is 7. The van der Waals surface area contributed by atoms with E-state index in [1.807, 2.05) is 36.4 Å². The summed E-state index contributed by atoms with van der Waals surface area (Å²) in [5, 5.41) is 6.55. The highest BCUT2D eigenvalue weighted by Crippen LogP contribution is 2.39. The van der Waals surface area contributed by atoms with Crippen molar-refractivity contribution in [1.82, 2.24) is 24.1 Å². The second-order valence-electron chi connectivity index (χ2n) is 12.9. The molecule has 6 nitrogen and oxygen atoms in total. The van der Waals surface area contributed by atoms with E-state index in [2.05, 4.69) is 137 Å². The highest BCUT2D eigenvalue weighted by molar-refractivity contribution is 6.13. The van der Waals surface area contributed by atoms with Crippen molar-refractivity contribution >= 4 is 65.6 Å². The first-order chi connectivity index (χ1) is 25.3. The maximum absolute atomic E-state index is 6.32. The Kier molecular flexibility index (Phi) is 5.86. The predicted molar refractivity (Wildman–Crippen MR) is 207 cm³/mol. The molecule has 0 bridgehead atoms. The second kappa shape index (κ2) is 10.7. The van der Waals surface area contributed by atoms with Crippen molar-refractivity contribution in [3.63, 3.8) is 0 Å². The topological polar surface area (TPSA) is 61.7 Å². The Balaban J connectivity index is 1.28. The molecule has 11 rings (SSSR count). The fourth-order valence-electron chi connectivity index (χ4n) is 7.77. The Morgan fingerprint density at radius 2 is 0.902 bits per heavy atom. The molecule has 7 aromatic carbocycles. The molecule has 0 aliphatic carbocycles. The van der Waals surface area contributed by atoms with Gasteiger partial charge in [0.25, 0.3) is 0 Å². The third kappa shape index (κ3) is 4.14. The standard InChI is InChI=1S/C45H27N5O/c1-2-13-28(14-3-1)29-25-26-33-32-17-6-10-22-38(32)50(39(33)27-29)45-47-43(35-19-12-24-41-42(35)34-18-7-11-23-40(34)51-41)46-44(48-45)49-36-20-8-4-15-30(36)31-16-5-9-21-37(31)49/h1-27H. The summed E-state index contributed by atoms with van der Waals surface area (Å²) in [6, 6.07) is 56.7.